The zero-order chi connectivity index (χ0) is 21.3. The summed E-state index contributed by atoms with van der Waals surface area (Å²) in [6.07, 6.45) is 2.03. The SMILES string of the molecule is CCNC(=NCC(=O)N1CCCc2ccccc21)NCC(C(C)C)N1CCOCC1. The topological polar surface area (TPSA) is 69.2 Å². The van der Waals surface area contributed by atoms with Gasteiger partial charge in [-0.3, -0.25) is 9.69 Å². The minimum Gasteiger partial charge on any atom is -0.379 e. The van der Waals surface area contributed by atoms with Crippen molar-refractivity contribution in [3.63, 3.8) is 0 Å². The standard InChI is InChI=1S/C23H37N5O2/c1-4-24-23(25-16-21(18(2)3)27-12-14-30-15-13-27)26-17-22(29)28-11-7-9-19-8-5-6-10-20(19)28/h5-6,8,10,18,21H,4,7,9,11-17H2,1-3H3,(H2,24,25,26). The number of carbonyl (C=O) groups is 1. The lowest BCUT2D eigenvalue weighted by Gasteiger charge is -2.37. The summed E-state index contributed by atoms with van der Waals surface area (Å²) in [6.45, 7) is 12.5. The van der Waals surface area contributed by atoms with Crippen molar-refractivity contribution in [3.8, 4) is 0 Å². The smallest absolute Gasteiger partial charge is 0.248 e. The molecule has 2 aliphatic rings. The van der Waals surface area contributed by atoms with Gasteiger partial charge in [0.05, 0.1) is 13.2 Å². The van der Waals surface area contributed by atoms with E-state index in [1.807, 2.05) is 30.0 Å². The molecule has 2 heterocycles. The number of ether oxygens (including phenoxy) is 1. The highest BCUT2D eigenvalue weighted by Gasteiger charge is 2.24. The number of benzene rings is 1. The molecule has 0 saturated carbocycles. The molecule has 1 fully saturated rings. The zero-order valence-corrected chi connectivity index (χ0v) is 18.7. The third-order valence-electron chi connectivity index (χ3n) is 5.89. The molecule has 7 nitrogen and oxygen atoms in total. The third kappa shape index (κ3) is 5.95. The normalized spacial score (nSPS) is 18.8. The van der Waals surface area contributed by atoms with Gasteiger partial charge in [-0.2, -0.15) is 0 Å². The highest BCUT2D eigenvalue weighted by atomic mass is 16.5. The highest BCUT2D eigenvalue weighted by Crippen LogP contribution is 2.26. The van der Waals surface area contributed by atoms with Crippen molar-refractivity contribution in [2.75, 3.05) is 57.4 Å². The molecule has 166 valence electrons. The molecule has 1 unspecified atom stereocenters. The summed E-state index contributed by atoms with van der Waals surface area (Å²) in [4.78, 5) is 21.9. The first-order valence-corrected chi connectivity index (χ1v) is 11.3. The summed E-state index contributed by atoms with van der Waals surface area (Å²) in [5.41, 5.74) is 2.28. The fraction of sp³-hybridized carbons (Fsp3) is 0.652. The summed E-state index contributed by atoms with van der Waals surface area (Å²) >= 11 is 0. The number of fused-ring (bicyclic) bond motifs is 1. The van der Waals surface area contributed by atoms with E-state index in [1.165, 1.54) is 5.56 Å². The monoisotopic (exact) mass is 415 g/mol. The maximum Gasteiger partial charge on any atom is 0.248 e. The number of rotatable bonds is 7. The second-order valence-electron chi connectivity index (χ2n) is 8.31. The molecular weight excluding hydrogens is 378 g/mol. The molecule has 1 aromatic carbocycles. The van der Waals surface area contributed by atoms with Gasteiger partial charge in [-0.25, -0.2) is 4.99 Å². The van der Waals surface area contributed by atoms with Crippen molar-refractivity contribution in [1.29, 1.82) is 0 Å². The summed E-state index contributed by atoms with van der Waals surface area (Å²) in [5, 5.41) is 6.74. The first kappa shape index (κ1) is 22.6. The number of aliphatic imine (C=N–C) groups is 1. The van der Waals surface area contributed by atoms with Gasteiger partial charge >= 0.3 is 0 Å². The number of anilines is 1. The maximum absolute atomic E-state index is 12.9. The zero-order valence-electron chi connectivity index (χ0n) is 18.7. The molecule has 1 aromatic rings. The van der Waals surface area contributed by atoms with E-state index < -0.39 is 0 Å². The fourth-order valence-corrected chi connectivity index (χ4v) is 4.26. The van der Waals surface area contributed by atoms with Gasteiger partial charge in [-0.1, -0.05) is 32.0 Å². The van der Waals surface area contributed by atoms with Gasteiger partial charge in [0.1, 0.15) is 6.54 Å². The number of carbonyl (C=O) groups excluding carboxylic acids is 1. The molecule has 1 saturated heterocycles. The lowest BCUT2D eigenvalue weighted by Crippen LogP contribution is -2.52. The van der Waals surface area contributed by atoms with Crippen LogP contribution in [-0.2, 0) is 16.0 Å². The van der Waals surface area contributed by atoms with Crippen LogP contribution in [0.15, 0.2) is 29.3 Å². The Kier molecular flexibility index (Phi) is 8.51. The number of aryl methyl sites for hydroxylation is 1. The Morgan fingerprint density at radius 2 is 1.93 bits per heavy atom. The summed E-state index contributed by atoms with van der Waals surface area (Å²) in [7, 11) is 0. The molecule has 2 N–H and O–H groups in total. The van der Waals surface area contributed by atoms with Crippen molar-refractivity contribution in [3.05, 3.63) is 29.8 Å². The number of guanidine groups is 1. The lowest BCUT2D eigenvalue weighted by atomic mass is 10.0. The highest BCUT2D eigenvalue weighted by molar-refractivity contribution is 5.97. The number of morpholine rings is 1. The maximum atomic E-state index is 12.9. The molecule has 0 aliphatic carbocycles. The summed E-state index contributed by atoms with van der Waals surface area (Å²) < 4.78 is 5.50. The predicted octanol–water partition coefficient (Wildman–Crippen LogP) is 1.88. The van der Waals surface area contributed by atoms with Crippen molar-refractivity contribution >= 4 is 17.6 Å². The average Bonchev–Trinajstić information content (AvgIpc) is 2.77. The van der Waals surface area contributed by atoms with Gasteiger partial charge in [0.25, 0.3) is 0 Å². The Morgan fingerprint density at radius 1 is 1.17 bits per heavy atom. The van der Waals surface area contributed by atoms with Gasteiger partial charge < -0.3 is 20.3 Å². The van der Waals surface area contributed by atoms with Gasteiger partial charge in [-0.15, -0.1) is 0 Å². The molecule has 0 bridgehead atoms. The minimum atomic E-state index is 0.0490. The van der Waals surface area contributed by atoms with E-state index in [2.05, 4.69) is 40.4 Å². The van der Waals surface area contributed by atoms with E-state index >= 15 is 0 Å². The van der Waals surface area contributed by atoms with E-state index in [9.17, 15) is 4.79 Å². The van der Waals surface area contributed by atoms with Crippen molar-refractivity contribution < 1.29 is 9.53 Å². The second-order valence-corrected chi connectivity index (χ2v) is 8.31. The number of hydrogen-bond acceptors (Lipinski definition) is 4. The van der Waals surface area contributed by atoms with Crippen LogP contribution >= 0.6 is 0 Å². The van der Waals surface area contributed by atoms with Gasteiger partial charge in [-0.05, 0) is 37.3 Å². The molecule has 7 heteroatoms. The third-order valence-corrected chi connectivity index (χ3v) is 5.89. The van der Waals surface area contributed by atoms with Gasteiger partial charge in [0.15, 0.2) is 5.96 Å². The Balaban J connectivity index is 1.60. The van der Waals surface area contributed by atoms with E-state index in [0.717, 1.165) is 64.5 Å². The van der Waals surface area contributed by atoms with Crippen LogP contribution in [0.5, 0.6) is 0 Å². The van der Waals surface area contributed by atoms with Crippen LogP contribution in [0.2, 0.25) is 0 Å². The van der Waals surface area contributed by atoms with E-state index in [0.29, 0.717) is 17.9 Å². The van der Waals surface area contributed by atoms with Crippen LogP contribution in [0, 0.1) is 5.92 Å². The number of para-hydroxylation sites is 1. The minimum absolute atomic E-state index is 0.0490. The first-order chi connectivity index (χ1) is 14.6. The van der Waals surface area contributed by atoms with Gasteiger partial charge in [0.2, 0.25) is 5.91 Å². The second kappa shape index (κ2) is 11.3. The van der Waals surface area contributed by atoms with E-state index in [4.69, 9.17) is 4.74 Å². The van der Waals surface area contributed by atoms with Gasteiger partial charge in [0, 0.05) is 44.5 Å². The van der Waals surface area contributed by atoms with Crippen LogP contribution in [0.3, 0.4) is 0 Å². The molecule has 0 aromatic heterocycles. The molecule has 30 heavy (non-hydrogen) atoms. The molecule has 1 atom stereocenters. The summed E-state index contributed by atoms with van der Waals surface area (Å²) in [5.74, 6) is 1.27. The number of amides is 1. The van der Waals surface area contributed by atoms with Crippen LogP contribution < -0.4 is 15.5 Å². The average molecular weight is 416 g/mol. The lowest BCUT2D eigenvalue weighted by molar-refractivity contribution is -0.117. The molecule has 0 radical (unpaired) electrons. The van der Waals surface area contributed by atoms with Crippen LogP contribution in [0.25, 0.3) is 0 Å². The number of hydrogen-bond donors (Lipinski definition) is 2. The quantitative estimate of drug-likeness (QED) is 0.526. The molecule has 2 aliphatic heterocycles. The summed E-state index contributed by atoms with van der Waals surface area (Å²) in [6, 6.07) is 8.59. The Bertz CT molecular complexity index is 715. The Morgan fingerprint density at radius 3 is 2.67 bits per heavy atom. The van der Waals surface area contributed by atoms with Crippen LogP contribution in [-0.4, -0.2) is 75.3 Å². The first-order valence-electron chi connectivity index (χ1n) is 11.3. The molecule has 0 spiro atoms. The predicted molar refractivity (Wildman–Crippen MR) is 122 cm³/mol. The Hall–Kier alpha value is -2.12. The van der Waals surface area contributed by atoms with Crippen LogP contribution in [0.1, 0.15) is 32.8 Å². The molecule has 3 rings (SSSR count). The molecule has 1 amide bonds. The van der Waals surface area contributed by atoms with Crippen molar-refractivity contribution in [1.82, 2.24) is 15.5 Å². The van der Waals surface area contributed by atoms with Crippen molar-refractivity contribution in [2.45, 2.75) is 39.7 Å². The number of nitrogens with zero attached hydrogens (tertiary/aromatic N) is 3. The Labute approximate surface area is 180 Å². The molecular formula is C23H37N5O2. The van der Waals surface area contributed by atoms with E-state index in [1.54, 1.807) is 0 Å². The van der Waals surface area contributed by atoms with Crippen molar-refractivity contribution in [2.24, 2.45) is 10.9 Å². The largest absolute Gasteiger partial charge is 0.379 e. The van der Waals surface area contributed by atoms with Crippen LogP contribution in [0.4, 0.5) is 5.69 Å². The number of nitrogens with one attached hydrogen (secondary N) is 2. The fourth-order valence-electron chi connectivity index (χ4n) is 4.26. The van der Waals surface area contributed by atoms with E-state index in [-0.39, 0.29) is 12.5 Å².